The zero-order valence-electron chi connectivity index (χ0n) is 10.8. The van der Waals surface area contributed by atoms with Gasteiger partial charge in [-0.05, 0) is 36.1 Å². The minimum Gasteiger partial charge on any atom is -0.393 e. The highest BCUT2D eigenvalue weighted by Crippen LogP contribution is 2.56. The molecule has 0 amide bonds. The van der Waals surface area contributed by atoms with Gasteiger partial charge in [0.15, 0.2) is 0 Å². The molecule has 1 aliphatic heterocycles. The second-order valence-electron chi connectivity index (χ2n) is 5.75. The normalized spacial score (nSPS) is 34.2. The van der Waals surface area contributed by atoms with Gasteiger partial charge in [0.1, 0.15) is 0 Å². The first-order valence-corrected chi connectivity index (χ1v) is 6.63. The quantitative estimate of drug-likeness (QED) is 0.405. The molecule has 1 aromatic carbocycles. The Kier molecular flexibility index (Phi) is 1.93. The van der Waals surface area contributed by atoms with Crippen molar-refractivity contribution in [3.05, 3.63) is 46.5 Å². The van der Waals surface area contributed by atoms with Crippen LogP contribution < -0.4 is 0 Å². The van der Waals surface area contributed by atoms with Gasteiger partial charge in [0, 0.05) is 11.8 Å². The minimum absolute atomic E-state index is 0.00356. The predicted octanol–water partition coefficient (Wildman–Crippen LogP) is 2.37. The van der Waals surface area contributed by atoms with E-state index in [-0.39, 0.29) is 35.6 Å². The molecule has 1 aromatic rings. The number of cyclic esters (lactones) is 2. The molecule has 3 nitrogen and oxygen atoms in total. The van der Waals surface area contributed by atoms with Gasteiger partial charge in [-0.3, -0.25) is 9.59 Å². The molecule has 3 aliphatic carbocycles. The number of aryl methyl sites for hydroxylation is 2. The van der Waals surface area contributed by atoms with Crippen molar-refractivity contribution in [2.24, 2.45) is 11.8 Å². The molecular formula is C16H14O3. The molecule has 4 atom stereocenters. The van der Waals surface area contributed by atoms with Gasteiger partial charge >= 0.3 is 11.9 Å². The van der Waals surface area contributed by atoms with Crippen LogP contribution in [0.2, 0.25) is 0 Å². The molecule has 0 spiro atoms. The van der Waals surface area contributed by atoms with Crippen LogP contribution in [0.15, 0.2) is 24.3 Å². The van der Waals surface area contributed by atoms with E-state index in [0.29, 0.717) is 0 Å². The van der Waals surface area contributed by atoms with Crippen molar-refractivity contribution >= 4 is 11.9 Å². The van der Waals surface area contributed by atoms with Crippen molar-refractivity contribution in [3.63, 3.8) is 0 Å². The smallest absolute Gasteiger partial charge is 0.318 e. The van der Waals surface area contributed by atoms with Crippen LogP contribution in [-0.2, 0) is 14.3 Å². The van der Waals surface area contributed by atoms with E-state index >= 15 is 0 Å². The van der Waals surface area contributed by atoms with Crippen molar-refractivity contribution < 1.29 is 14.3 Å². The van der Waals surface area contributed by atoms with Crippen molar-refractivity contribution in [1.82, 2.24) is 0 Å². The number of hydrogen-bond acceptors (Lipinski definition) is 3. The molecule has 0 N–H and O–H groups in total. The number of rotatable bonds is 0. The Morgan fingerprint density at radius 1 is 0.842 bits per heavy atom. The molecule has 0 saturated carbocycles. The summed E-state index contributed by atoms with van der Waals surface area (Å²) in [6, 6.07) is 4.19. The van der Waals surface area contributed by atoms with Gasteiger partial charge in [-0.15, -0.1) is 0 Å². The van der Waals surface area contributed by atoms with E-state index in [4.69, 9.17) is 4.74 Å². The van der Waals surface area contributed by atoms with Crippen LogP contribution in [0, 0.1) is 25.7 Å². The third kappa shape index (κ3) is 1.18. The maximum atomic E-state index is 11.9. The van der Waals surface area contributed by atoms with Crippen molar-refractivity contribution in [1.29, 1.82) is 0 Å². The molecule has 0 radical (unpaired) electrons. The lowest BCUT2D eigenvalue weighted by molar-refractivity contribution is -0.153. The average molecular weight is 254 g/mol. The number of allylic oxidation sites excluding steroid dienone is 2. The number of hydrogen-bond donors (Lipinski definition) is 0. The van der Waals surface area contributed by atoms with Gasteiger partial charge in [0.2, 0.25) is 0 Å². The van der Waals surface area contributed by atoms with Crippen LogP contribution in [0.3, 0.4) is 0 Å². The highest BCUT2D eigenvalue weighted by Gasteiger charge is 2.57. The zero-order valence-corrected chi connectivity index (χ0v) is 10.8. The highest BCUT2D eigenvalue weighted by atomic mass is 16.6. The Labute approximate surface area is 111 Å². The summed E-state index contributed by atoms with van der Waals surface area (Å²) in [7, 11) is 0. The lowest BCUT2D eigenvalue weighted by Gasteiger charge is -2.41. The molecule has 19 heavy (non-hydrogen) atoms. The van der Waals surface area contributed by atoms with Crippen LogP contribution in [0.1, 0.15) is 34.1 Å². The van der Waals surface area contributed by atoms with E-state index in [2.05, 4.69) is 38.1 Å². The Bertz CT molecular complexity index is 601. The fourth-order valence-electron chi connectivity index (χ4n) is 4.04. The van der Waals surface area contributed by atoms with Crippen LogP contribution in [0.5, 0.6) is 0 Å². The van der Waals surface area contributed by atoms with E-state index < -0.39 is 0 Å². The third-order valence-corrected chi connectivity index (χ3v) is 4.82. The molecule has 2 bridgehead atoms. The van der Waals surface area contributed by atoms with Crippen molar-refractivity contribution in [3.8, 4) is 0 Å². The monoisotopic (exact) mass is 254 g/mol. The lowest BCUT2D eigenvalue weighted by atomic mass is 9.59. The molecule has 1 heterocycles. The number of esters is 2. The first-order valence-electron chi connectivity index (χ1n) is 6.63. The number of benzene rings is 1. The topological polar surface area (TPSA) is 43.4 Å². The number of carbonyl (C=O) groups excluding carboxylic acids is 2. The molecular weight excluding hydrogens is 240 g/mol. The largest absolute Gasteiger partial charge is 0.393 e. The summed E-state index contributed by atoms with van der Waals surface area (Å²) in [5.74, 6) is -1.31. The Balaban J connectivity index is 2.02. The highest BCUT2D eigenvalue weighted by molar-refractivity contribution is 5.99. The van der Waals surface area contributed by atoms with Crippen LogP contribution in [0.25, 0.3) is 0 Å². The Morgan fingerprint density at radius 3 is 1.68 bits per heavy atom. The van der Waals surface area contributed by atoms with Gasteiger partial charge in [-0.2, -0.15) is 0 Å². The second kappa shape index (κ2) is 3.35. The van der Waals surface area contributed by atoms with Gasteiger partial charge in [-0.1, -0.05) is 24.3 Å². The van der Waals surface area contributed by atoms with Crippen molar-refractivity contribution in [2.75, 3.05) is 0 Å². The first kappa shape index (κ1) is 11.0. The van der Waals surface area contributed by atoms with Crippen LogP contribution in [0.4, 0.5) is 0 Å². The Morgan fingerprint density at radius 2 is 1.26 bits per heavy atom. The average Bonchev–Trinajstić information content (AvgIpc) is 2.72. The van der Waals surface area contributed by atoms with Gasteiger partial charge in [0.25, 0.3) is 0 Å². The second-order valence-corrected chi connectivity index (χ2v) is 5.75. The summed E-state index contributed by atoms with van der Waals surface area (Å²) < 4.78 is 4.88. The third-order valence-electron chi connectivity index (χ3n) is 4.82. The summed E-state index contributed by atoms with van der Waals surface area (Å²) in [5.41, 5.74) is 4.87. The van der Waals surface area contributed by atoms with E-state index in [0.717, 1.165) is 0 Å². The van der Waals surface area contributed by atoms with E-state index in [1.807, 2.05) is 0 Å². The van der Waals surface area contributed by atoms with Gasteiger partial charge in [0.05, 0.1) is 11.8 Å². The SMILES string of the molecule is Cc1ccc(C)c2c1[C@@H]1C=C[C@@H]2[C@H]2C(=O)OC(=O)[C@@H]21. The van der Waals surface area contributed by atoms with E-state index in [1.54, 1.807) is 0 Å². The maximum absolute atomic E-state index is 11.9. The summed E-state index contributed by atoms with van der Waals surface area (Å²) in [6.07, 6.45) is 4.17. The standard InChI is InChI=1S/C16H14O3/c1-7-3-4-8(2)12-10-6-5-9(11(7)12)13-14(10)16(18)19-15(13)17/h3-6,9-10,13-14H,1-2H3/t9-,10-,13+,14+/m0/s1. The molecule has 3 heteroatoms. The summed E-state index contributed by atoms with van der Waals surface area (Å²) in [6.45, 7) is 4.15. The van der Waals surface area contributed by atoms with Gasteiger partial charge in [-0.25, -0.2) is 0 Å². The lowest BCUT2D eigenvalue weighted by Crippen LogP contribution is -2.38. The molecule has 0 unspecified atom stereocenters. The molecule has 96 valence electrons. The fraction of sp³-hybridized carbons (Fsp3) is 0.375. The molecule has 0 aromatic heterocycles. The minimum atomic E-state index is -0.346. The van der Waals surface area contributed by atoms with Crippen LogP contribution in [-0.4, -0.2) is 11.9 Å². The summed E-state index contributed by atoms with van der Waals surface area (Å²) in [4.78, 5) is 23.9. The predicted molar refractivity (Wildman–Crippen MR) is 68.6 cm³/mol. The molecule has 1 saturated heterocycles. The number of carbonyl (C=O) groups is 2. The maximum Gasteiger partial charge on any atom is 0.318 e. The molecule has 1 fully saturated rings. The number of ether oxygens (including phenoxy) is 1. The van der Waals surface area contributed by atoms with E-state index in [1.165, 1.54) is 22.3 Å². The van der Waals surface area contributed by atoms with E-state index in [9.17, 15) is 9.59 Å². The zero-order chi connectivity index (χ0) is 13.3. The summed E-state index contributed by atoms with van der Waals surface area (Å²) >= 11 is 0. The first-order chi connectivity index (χ1) is 9.09. The summed E-state index contributed by atoms with van der Waals surface area (Å²) in [5, 5.41) is 0. The fourth-order valence-corrected chi connectivity index (χ4v) is 4.04. The Hall–Kier alpha value is -1.90. The van der Waals surface area contributed by atoms with Crippen LogP contribution >= 0.6 is 0 Å². The van der Waals surface area contributed by atoms with Gasteiger partial charge < -0.3 is 4.74 Å². The van der Waals surface area contributed by atoms with Crippen molar-refractivity contribution in [2.45, 2.75) is 25.7 Å². The molecule has 4 aliphatic rings. The molecule has 5 rings (SSSR count).